The van der Waals surface area contributed by atoms with Crippen molar-refractivity contribution in [1.29, 1.82) is 0 Å². The first-order valence-electron chi connectivity index (χ1n) is 7.13. The topological polar surface area (TPSA) is 96.5 Å². The van der Waals surface area contributed by atoms with Crippen molar-refractivity contribution in [2.75, 3.05) is 7.11 Å². The van der Waals surface area contributed by atoms with Crippen LogP contribution in [0.3, 0.4) is 0 Å². The maximum absolute atomic E-state index is 11.3. The average molecular weight is 317 g/mol. The third-order valence-electron chi connectivity index (χ3n) is 3.86. The highest BCUT2D eigenvalue weighted by Gasteiger charge is 2.26. The van der Waals surface area contributed by atoms with E-state index in [-0.39, 0.29) is 11.6 Å². The lowest BCUT2D eigenvalue weighted by Gasteiger charge is -2.08. The number of nitrogens with zero attached hydrogens (tertiary/aromatic N) is 3. The van der Waals surface area contributed by atoms with Crippen LogP contribution in [0, 0.1) is 17.0 Å². The average Bonchev–Trinajstić information content (AvgIpc) is 3.11. The number of hydrogen-bond donors (Lipinski definition) is 0. The van der Waals surface area contributed by atoms with Crippen molar-refractivity contribution in [2.45, 2.75) is 26.2 Å². The van der Waals surface area contributed by atoms with Gasteiger partial charge in [0.1, 0.15) is 0 Å². The number of benzene rings is 1. The van der Waals surface area contributed by atoms with E-state index in [9.17, 15) is 14.9 Å². The second-order valence-electron chi connectivity index (χ2n) is 5.28. The number of ether oxygens (including phenoxy) is 2. The van der Waals surface area contributed by atoms with E-state index in [4.69, 9.17) is 4.74 Å². The number of aryl methyl sites for hydroxylation is 1. The maximum atomic E-state index is 11.3. The molecule has 0 bridgehead atoms. The van der Waals surface area contributed by atoms with Crippen LogP contribution >= 0.6 is 0 Å². The summed E-state index contributed by atoms with van der Waals surface area (Å²) in [5.74, 6) is 0.238. The Kier molecular flexibility index (Phi) is 3.73. The Hall–Kier alpha value is -2.90. The summed E-state index contributed by atoms with van der Waals surface area (Å²) in [4.78, 5) is 21.8. The first kappa shape index (κ1) is 15.0. The number of non-ortho nitro benzene ring substituents is 1. The Balaban J connectivity index is 2.05. The Bertz CT molecular complexity index is 797. The van der Waals surface area contributed by atoms with Crippen LogP contribution < -0.4 is 4.74 Å². The first-order valence-corrected chi connectivity index (χ1v) is 7.13. The van der Waals surface area contributed by atoms with Gasteiger partial charge in [-0.15, -0.1) is 5.10 Å². The molecule has 0 radical (unpaired) electrons. The molecule has 8 nitrogen and oxygen atoms in total. The number of nitro groups is 1. The van der Waals surface area contributed by atoms with Crippen LogP contribution in [0.5, 0.6) is 5.88 Å². The van der Waals surface area contributed by atoms with Crippen molar-refractivity contribution in [2.24, 2.45) is 0 Å². The quantitative estimate of drug-likeness (QED) is 0.490. The minimum Gasteiger partial charge on any atom is -0.437 e. The van der Waals surface area contributed by atoms with Crippen molar-refractivity contribution in [3.8, 4) is 11.6 Å². The van der Waals surface area contributed by atoms with Gasteiger partial charge in [0, 0.05) is 17.7 Å². The molecule has 0 amide bonds. The SMILES string of the molecule is COC(=O)Oc1nn(-c2ccc([N+](=O)[O-])cc2C)c2c1CCC2. The molecule has 120 valence electrons. The molecule has 1 heterocycles. The first-order chi connectivity index (χ1) is 11.0. The van der Waals surface area contributed by atoms with E-state index in [0.29, 0.717) is 0 Å². The van der Waals surface area contributed by atoms with Gasteiger partial charge in [-0.05, 0) is 37.8 Å². The number of hydrogen-bond acceptors (Lipinski definition) is 6. The zero-order chi connectivity index (χ0) is 16.6. The highest BCUT2D eigenvalue weighted by Crippen LogP contribution is 2.33. The maximum Gasteiger partial charge on any atom is 0.514 e. The Labute approximate surface area is 131 Å². The number of methoxy groups -OCH3 is 1. The lowest BCUT2D eigenvalue weighted by atomic mass is 10.1. The van der Waals surface area contributed by atoms with Crippen molar-refractivity contribution < 1.29 is 19.2 Å². The van der Waals surface area contributed by atoms with Gasteiger partial charge in [-0.3, -0.25) is 10.1 Å². The number of aromatic nitrogens is 2. The summed E-state index contributed by atoms with van der Waals surface area (Å²) in [5, 5.41) is 15.2. The van der Waals surface area contributed by atoms with Gasteiger partial charge in [0.25, 0.3) is 5.69 Å². The largest absolute Gasteiger partial charge is 0.514 e. The molecule has 0 N–H and O–H groups in total. The number of fused-ring (bicyclic) bond motifs is 1. The van der Waals surface area contributed by atoms with E-state index < -0.39 is 11.1 Å². The van der Waals surface area contributed by atoms with E-state index in [1.54, 1.807) is 17.7 Å². The van der Waals surface area contributed by atoms with Crippen LogP contribution in [-0.4, -0.2) is 28.0 Å². The number of nitro benzene ring substituents is 1. The molecule has 0 atom stereocenters. The molecular weight excluding hydrogens is 302 g/mol. The predicted octanol–water partition coefficient (Wildman–Crippen LogP) is 2.72. The molecule has 0 unspecified atom stereocenters. The number of rotatable bonds is 3. The van der Waals surface area contributed by atoms with E-state index in [0.717, 1.165) is 41.8 Å². The normalized spacial score (nSPS) is 12.8. The van der Waals surface area contributed by atoms with Gasteiger partial charge >= 0.3 is 6.16 Å². The van der Waals surface area contributed by atoms with Gasteiger partial charge in [0.2, 0.25) is 5.88 Å². The molecule has 0 saturated carbocycles. The number of carbonyl (C=O) groups is 1. The van der Waals surface area contributed by atoms with Crippen molar-refractivity contribution in [3.05, 3.63) is 45.1 Å². The van der Waals surface area contributed by atoms with Crippen LogP contribution in [0.15, 0.2) is 18.2 Å². The second-order valence-corrected chi connectivity index (χ2v) is 5.28. The van der Waals surface area contributed by atoms with Crippen LogP contribution in [-0.2, 0) is 17.6 Å². The molecule has 1 aromatic heterocycles. The van der Waals surface area contributed by atoms with E-state index in [1.165, 1.54) is 19.2 Å². The lowest BCUT2D eigenvalue weighted by molar-refractivity contribution is -0.384. The highest BCUT2D eigenvalue weighted by atomic mass is 16.7. The van der Waals surface area contributed by atoms with Gasteiger partial charge in [-0.1, -0.05) is 0 Å². The molecule has 0 fully saturated rings. The summed E-state index contributed by atoms with van der Waals surface area (Å²) >= 11 is 0. The van der Waals surface area contributed by atoms with Crippen LogP contribution in [0.2, 0.25) is 0 Å². The summed E-state index contributed by atoms with van der Waals surface area (Å²) in [6.07, 6.45) is 1.71. The van der Waals surface area contributed by atoms with Crippen LogP contribution in [0.4, 0.5) is 10.5 Å². The molecule has 1 aromatic carbocycles. The predicted molar refractivity (Wildman–Crippen MR) is 80.0 cm³/mol. The summed E-state index contributed by atoms with van der Waals surface area (Å²) in [5.41, 5.74) is 3.32. The lowest BCUT2D eigenvalue weighted by Crippen LogP contribution is -2.09. The molecule has 1 aliphatic carbocycles. The van der Waals surface area contributed by atoms with E-state index in [1.807, 2.05) is 0 Å². The highest BCUT2D eigenvalue weighted by molar-refractivity contribution is 5.64. The van der Waals surface area contributed by atoms with Crippen molar-refractivity contribution in [1.82, 2.24) is 9.78 Å². The summed E-state index contributed by atoms with van der Waals surface area (Å²) in [6, 6.07) is 4.59. The minimum absolute atomic E-state index is 0.0288. The van der Waals surface area contributed by atoms with E-state index in [2.05, 4.69) is 9.84 Å². The van der Waals surface area contributed by atoms with Gasteiger partial charge in [0.15, 0.2) is 0 Å². The van der Waals surface area contributed by atoms with Gasteiger partial charge in [-0.2, -0.15) is 0 Å². The molecule has 8 heteroatoms. The molecule has 0 saturated heterocycles. The molecule has 0 aliphatic heterocycles. The Morgan fingerprint density at radius 3 is 2.83 bits per heavy atom. The fourth-order valence-corrected chi connectivity index (χ4v) is 2.80. The second kappa shape index (κ2) is 5.71. The summed E-state index contributed by atoms with van der Waals surface area (Å²) in [7, 11) is 1.24. The van der Waals surface area contributed by atoms with Gasteiger partial charge in [0.05, 0.1) is 23.4 Å². The van der Waals surface area contributed by atoms with Crippen LogP contribution in [0.1, 0.15) is 23.2 Å². The molecule has 3 rings (SSSR count). The zero-order valence-electron chi connectivity index (χ0n) is 12.7. The Morgan fingerprint density at radius 2 is 2.17 bits per heavy atom. The molecule has 1 aliphatic rings. The van der Waals surface area contributed by atoms with Gasteiger partial charge < -0.3 is 9.47 Å². The zero-order valence-corrected chi connectivity index (χ0v) is 12.7. The standard InChI is InChI=1S/C15H15N3O5/c1-9-8-10(18(20)21)6-7-12(9)17-13-5-3-4-11(13)14(16-17)23-15(19)22-2/h6-8H,3-5H2,1-2H3. The van der Waals surface area contributed by atoms with Crippen LogP contribution in [0.25, 0.3) is 5.69 Å². The molecule has 2 aromatic rings. The Morgan fingerprint density at radius 1 is 1.39 bits per heavy atom. The smallest absolute Gasteiger partial charge is 0.437 e. The monoisotopic (exact) mass is 317 g/mol. The summed E-state index contributed by atoms with van der Waals surface area (Å²) in [6.45, 7) is 1.78. The third-order valence-corrected chi connectivity index (χ3v) is 3.86. The molecular formula is C15H15N3O5. The van der Waals surface area contributed by atoms with Crippen molar-refractivity contribution >= 4 is 11.8 Å². The fraction of sp³-hybridized carbons (Fsp3) is 0.333. The summed E-state index contributed by atoms with van der Waals surface area (Å²) < 4.78 is 11.3. The third kappa shape index (κ3) is 2.63. The number of carbonyl (C=O) groups excluding carboxylic acids is 1. The van der Waals surface area contributed by atoms with Gasteiger partial charge in [-0.25, -0.2) is 9.48 Å². The van der Waals surface area contributed by atoms with E-state index >= 15 is 0 Å². The fourth-order valence-electron chi connectivity index (χ4n) is 2.80. The molecule has 23 heavy (non-hydrogen) atoms. The minimum atomic E-state index is -0.815. The molecule has 0 spiro atoms. The van der Waals surface area contributed by atoms with Crippen molar-refractivity contribution in [3.63, 3.8) is 0 Å².